The zero-order valence-corrected chi connectivity index (χ0v) is 14.0. The third kappa shape index (κ3) is 5.30. The number of anilines is 1. The summed E-state index contributed by atoms with van der Waals surface area (Å²) in [7, 11) is 0. The molecule has 2 amide bonds. The fraction of sp³-hybridized carbons (Fsp3) is 0.125. The van der Waals surface area contributed by atoms with Crippen molar-refractivity contribution in [3.05, 3.63) is 58.8 Å². The Morgan fingerprint density at radius 1 is 1.22 bits per heavy atom. The lowest BCUT2D eigenvalue weighted by atomic mass is 10.2. The quantitative estimate of drug-likeness (QED) is 0.623. The minimum atomic E-state index is -0.372. The highest BCUT2D eigenvalue weighted by Gasteiger charge is 2.08. The summed E-state index contributed by atoms with van der Waals surface area (Å²) in [6, 6.07) is 10.6. The van der Waals surface area contributed by atoms with Crippen molar-refractivity contribution in [1.82, 2.24) is 10.4 Å². The van der Waals surface area contributed by atoms with Crippen molar-refractivity contribution in [2.75, 3.05) is 5.32 Å². The molecule has 7 heteroatoms. The highest BCUT2D eigenvalue weighted by molar-refractivity contribution is 9.10. The van der Waals surface area contributed by atoms with E-state index in [4.69, 9.17) is 0 Å². The lowest BCUT2D eigenvalue weighted by Crippen LogP contribution is -2.21. The number of hydrazone groups is 1. The van der Waals surface area contributed by atoms with Crippen LogP contribution in [0, 0.1) is 0 Å². The lowest BCUT2D eigenvalue weighted by Gasteiger charge is -2.07. The van der Waals surface area contributed by atoms with Crippen molar-refractivity contribution in [3.63, 3.8) is 0 Å². The Bertz CT molecular complexity index is 732. The summed E-state index contributed by atoms with van der Waals surface area (Å²) in [5.74, 6) is -0.586. The first-order chi connectivity index (χ1) is 11.1. The second-order valence-corrected chi connectivity index (χ2v) is 5.59. The monoisotopic (exact) mass is 374 g/mol. The van der Waals surface area contributed by atoms with Gasteiger partial charge in [0.25, 0.3) is 5.91 Å². The number of benzene rings is 1. The molecule has 1 aromatic carbocycles. The number of carbonyl (C=O) groups excluding carboxylic acids is 2. The van der Waals surface area contributed by atoms with Crippen molar-refractivity contribution in [3.8, 4) is 0 Å². The first kappa shape index (κ1) is 16.8. The van der Waals surface area contributed by atoms with Gasteiger partial charge in [-0.25, -0.2) is 5.43 Å². The summed E-state index contributed by atoms with van der Waals surface area (Å²) in [5, 5.41) is 6.69. The predicted octanol–water partition coefficient (Wildman–Crippen LogP) is 2.98. The molecule has 2 rings (SSSR count). The van der Waals surface area contributed by atoms with Crippen LogP contribution in [0.25, 0.3) is 0 Å². The molecule has 2 aromatic rings. The molecule has 0 aliphatic rings. The first-order valence-electron chi connectivity index (χ1n) is 6.84. The topological polar surface area (TPSA) is 83.5 Å². The number of pyridine rings is 1. The molecule has 6 nitrogen and oxygen atoms in total. The molecule has 0 atom stereocenters. The summed E-state index contributed by atoms with van der Waals surface area (Å²) >= 11 is 3.36. The molecule has 0 aliphatic heterocycles. The Morgan fingerprint density at radius 2 is 2.00 bits per heavy atom. The maximum atomic E-state index is 12.0. The maximum absolute atomic E-state index is 12.0. The molecular formula is C16H15BrN4O2. The fourth-order valence-corrected chi connectivity index (χ4v) is 2.12. The molecule has 23 heavy (non-hydrogen) atoms. The Hall–Kier alpha value is -2.54. The average Bonchev–Trinajstić information content (AvgIpc) is 2.55. The normalized spacial score (nSPS) is 11.0. The number of rotatable bonds is 5. The average molecular weight is 375 g/mol. The molecule has 1 aromatic heterocycles. The van der Waals surface area contributed by atoms with Crippen LogP contribution < -0.4 is 10.7 Å². The van der Waals surface area contributed by atoms with Crippen LogP contribution in [0.15, 0.2) is 58.4 Å². The van der Waals surface area contributed by atoms with E-state index in [9.17, 15) is 9.59 Å². The number of halogens is 1. The first-order valence-corrected chi connectivity index (χ1v) is 7.63. The number of hydrogen-bond donors (Lipinski definition) is 2. The van der Waals surface area contributed by atoms with E-state index in [0.29, 0.717) is 17.0 Å². The Labute approximate surface area is 142 Å². The molecule has 2 N–H and O–H groups in total. The summed E-state index contributed by atoms with van der Waals surface area (Å²) in [6.07, 6.45) is 3.10. The molecule has 0 unspecified atom stereocenters. The van der Waals surface area contributed by atoms with Crippen LogP contribution in [0.2, 0.25) is 0 Å². The van der Waals surface area contributed by atoms with Crippen molar-refractivity contribution in [1.29, 1.82) is 0 Å². The Kier molecular flexibility index (Phi) is 5.99. The van der Waals surface area contributed by atoms with Gasteiger partial charge < -0.3 is 5.32 Å². The molecular weight excluding hydrogens is 360 g/mol. The van der Waals surface area contributed by atoms with Crippen LogP contribution >= 0.6 is 15.9 Å². The minimum absolute atomic E-state index is 0.0780. The molecule has 0 radical (unpaired) electrons. The number of carbonyl (C=O) groups is 2. The van der Waals surface area contributed by atoms with E-state index in [2.05, 4.69) is 36.8 Å². The number of nitrogens with zero attached hydrogens (tertiary/aromatic N) is 2. The summed E-state index contributed by atoms with van der Waals surface area (Å²) in [6.45, 7) is 1.67. The minimum Gasteiger partial charge on any atom is -0.325 e. The highest BCUT2D eigenvalue weighted by atomic mass is 79.9. The van der Waals surface area contributed by atoms with E-state index in [1.165, 1.54) is 6.20 Å². The van der Waals surface area contributed by atoms with Crippen molar-refractivity contribution in [2.24, 2.45) is 5.10 Å². The van der Waals surface area contributed by atoms with Crippen LogP contribution in [0.1, 0.15) is 23.7 Å². The van der Waals surface area contributed by atoms with Gasteiger partial charge in [-0.15, -0.1) is 0 Å². The van der Waals surface area contributed by atoms with Crippen LogP contribution in [0.5, 0.6) is 0 Å². The van der Waals surface area contributed by atoms with Gasteiger partial charge in [0.05, 0.1) is 17.7 Å². The summed E-state index contributed by atoms with van der Waals surface area (Å²) in [4.78, 5) is 27.6. The number of nitrogens with one attached hydrogen (secondary N) is 2. The van der Waals surface area contributed by atoms with Crippen molar-refractivity contribution >= 4 is 39.1 Å². The summed E-state index contributed by atoms with van der Waals surface area (Å²) in [5.41, 5.74) is 3.98. The van der Waals surface area contributed by atoms with Crippen LogP contribution in [-0.2, 0) is 4.79 Å². The van der Waals surface area contributed by atoms with E-state index < -0.39 is 0 Å². The number of aromatic nitrogens is 1. The second kappa shape index (κ2) is 8.19. The molecule has 0 spiro atoms. The molecule has 0 aliphatic carbocycles. The zero-order chi connectivity index (χ0) is 16.7. The van der Waals surface area contributed by atoms with Gasteiger partial charge in [-0.2, -0.15) is 5.10 Å². The standard InChI is InChI=1S/C16H15BrN4O2/c1-11(20-21-16(23)12-5-4-8-18-10-12)9-15(22)19-14-7-3-2-6-13(14)17/h2-8,10H,9H2,1H3,(H,19,22)(H,21,23). The van der Waals surface area contributed by atoms with Gasteiger partial charge in [0.2, 0.25) is 5.91 Å². The van der Waals surface area contributed by atoms with Gasteiger partial charge in [0, 0.05) is 22.6 Å². The Balaban J connectivity index is 1.88. The van der Waals surface area contributed by atoms with Crippen molar-refractivity contribution in [2.45, 2.75) is 13.3 Å². The SMILES string of the molecule is CC(CC(=O)Nc1ccccc1Br)=NNC(=O)c1cccnc1. The molecule has 0 saturated heterocycles. The van der Waals surface area contributed by atoms with E-state index in [1.54, 1.807) is 31.3 Å². The van der Waals surface area contributed by atoms with E-state index in [-0.39, 0.29) is 18.2 Å². The van der Waals surface area contributed by atoms with Gasteiger partial charge in [0.15, 0.2) is 0 Å². The largest absolute Gasteiger partial charge is 0.325 e. The Morgan fingerprint density at radius 3 is 2.70 bits per heavy atom. The summed E-state index contributed by atoms with van der Waals surface area (Å²) < 4.78 is 0.799. The van der Waals surface area contributed by atoms with Gasteiger partial charge in [-0.1, -0.05) is 12.1 Å². The van der Waals surface area contributed by atoms with Crippen molar-refractivity contribution < 1.29 is 9.59 Å². The second-order valence-electron chi connectivity index (χ2n) is 4.73. The fourth-order valence-electron chi connectivity index (χ4n) is 1.74. The maximum Gasteiger partial charge on any atom is 0.272 e. The van der Waals surface area contributed by atoms with E-state index in [0.717, 1.165) is 4.47 Å². The molecule has 0 saturated carbocycles. The third-order valence-electron chi connectivity index (χ3n) is 2.84. The molecule has 0 bridgehead atoms. The van der Waals surface area contributed by atoms with Gasteiger partial charge in [0.1, 0.15) is 0 Å². The number of hydrogen-bond acceptors (Lipinski definition) is 4. The molecule has 118 valence electrons. The van der Waals surface area contributed by atoms with Gasteiger partial charge in [-0.05, 0) is 47.1 Å². The van der Waals surface area contributed by atoms with Gasteiger partial charge in [-0.3, -0.25) is 14.6 Å². The lowest BCUT2D eigenvalue weighted by molar-refractivity contribution is -0.115. The van der Waals surface area contributed by atoms with Gasteiger partial charge >= 0.3 is 0 Å². The van der Waals surface area contributed by atoms with E-state index in [1.807, 2.05) is 18.2 Å². The molecule has 0 fully saturated rings. The number of amides is 2. The third-order valence-corrected chi connectivity index (χ3v) is 3.53. The number of para-hydroxylation sites is 1. The predicted molar refractivity (Wildman–Crippen MR) is 92.2 cm³/mol. The van der Waals surface area contributed by atoms with Crippen LogP contribution in [-0.4, -0.2) is 22.5 Å². The van der Waals surface area contributed by atoms with E-state index >= 15 is 0 Å². The van der Waals surface area contributed by atoms with Crippen LogP contribution in [0.3, 0.4) is 0 Å². The molecule has 1 heterocycles. The smallest absolute Gasteiger partial charge is 0.272 e. The van der Waals surface area contributed by atoms with Crippen LogP contribution in [0.4, 0.5) is 5.69 Å². The highest BCUT2D eigenvalue weighted by Crippen LogP contribution is 2.21. The zero-order valence-electron chi connectivity index (χ0n) is 12.4.